The first-order valence-corrected chi connectivity index (χ1v) is 4.04. The molecule has 0 saturated carbocycles. The van der Waals surface area contributed by atoms with E-state index in [1.54, 1.807) is 0 Å². The lowest BCUT2D eigenvalue weighted by atomic mass is 10.6. The average Bonchev–Trinajstić information content (AvgIpc) is 1.87. The van der Waals surface area contributed by atoms with Crippen molar-refractivity contribution in [3.8, 4) is 0 Å². The Morgan fingerprint density at radius 1 is 1.30 bits per heavy atom. The number of hydrogen-bond acceptors (Lipinski definition) is 3. The molecule has 0 aromatic carbocycles. The van der Waals surface area contributed by atoms with Crippen molar-refractivity contribution in [2.75, 3.05) is 26.2 Å². The molecular weight excluding hydrogens is 156 g/mol. The van der Waals surface area contributed by atoms with E-state index in [4.69, 9.17) is 9.66 Å². The van der Waals surface area contributed by atoms with Crippen LogP contribution in [-0.2, 0) is 11.3 Å². The van der Waals surface area contributed by atoms with Gasteiger partial charge in [0.1, 0.15) is 0 Å². The normalized spacial score (nSPS) is 13.4. The van der Waals surface area contributed by atoms with Crippen molar-refractivity contribution in [1.82, 2.24) is 10.0 Å². The van der Waals surface area contributed by atoms with E-state index >= 15 is 0 Å². The summed E-state index contributed by atoms with van der Waals surface area (Å²) in [4.78, 5) is 0. The molecule has 1 atom stereocenters. The summed E-state index contributed by atoms with van der Waals surface area (Å²) in [6, 6.07) is 0. The second-order valence-electron chi connectivity index (χ2n) is 1.62. The largest absolute Gasteiger partial charge is 0.395 e. The number of aliphatic hydroxyl groups excluding tert-OH is 1. The first-order valence-electron chi connectivity index (χ1n) is 2.93. The van der Waals surface area contributed by atoms with Crippen molar-refractivity contribution in [3.05, 3.63) is 0 Å². The zero-order valence-electron chi connectivity index (χ0n) is 5.54. The maximum absolute atomic E-state index is 9.95. The smallest absolute Gasteiger partial charge is 0.231 e. The van der Waals surface area contributed by atoms with Crippen LogP contribution in [0.5, 0.6) is 0 Å². The molecule has 10 heavy (non-hydrogen) atoms. The fourth-order valence-electron chi connectivity index (χ4n) is 0.431. The molecule has 0 aromatic heterocycles. The van der Waals surface area contributed by atoms with Gasteiger partial charge < -0.3 is 10.4 Å². The molecule has 6 heteroatoms. The third-order valence-corrected chi connectivity index (χ3v) is 1.27. The zero-order valence-corrected chi connectivity index (χ0v) is 6.36. The molecule has 0 aliphatic heterocycles. The Morgan fingerprint density at radius 2 is 2.00 bits per heavy atom. The number of aliphatic hydroxyl groups is 1. The molecule has 0 aliphatic carbocycles. The van der Waals surface area contributed by atoms with Crippen LogP contribution in [0.2, 0.25) is 0 Å². The van der Waals surface area contributed by atoms with Crippen LogP contribution in [0, 0.1) is 0 Å². The lowest BCUT2D eigenvalue weighted by Gasteiger charge is -2.00. The van der Waals surface area contributed by atoms with Gasteiger partial charge in [0.25, 0.3) is 0 Å². The Labute approximate surface area is 62.2 Å². The Morgan fingerprint density at radius 3 is 2.50 bits per heavy atom. The van der Waals surface area contributed by atoms with Gasteiger partial charge in [0, 0.05) is 19.6 Å². The highest BCUT2D eigenvalue weighted by molar-refractivity contribution is 7.77. The molecule has 0 radical (unpaired) electrons. The van der Waals surface area contributed by atoms with Crippen molar-refractivity contribution in [3.63, 3.8) is 0 Å². The summed E-state index contributed by atoms with van der Waals surface area (Å²) in [5.41, 5.74) is 0. The maximum Gasteiger partial charge on any atom is 0.231 e. The van der Waals surface area contributed by atoms with E-state index < -0.39 is 11.3 Å². The highest BCUT2D eigenvalue weighted by Gasteiger charge is 1.89. The molecule has 0 aromatic rings. The summed E-state index contributed by atoms with van der Waals surface area (Å²) < 4.78 is 20.4. The van der Waals surface area contributed by atoms with Crippen LogP contribution in [-0.4, -0.2) is 40.1 Å². The molecular formula is C4H12N2O3S. The first-order chi connectivity index (χ1) is 4.77. The number of rotatable bonds is 6. The van der Waals surface area contributed by atoms with Crippen LogP contribution in [0.4, 0.5) is 0 Å². The van der Waals surface area contributed by atoms with Gasteiger partial charge in [0.05, 0.1) is 6.61 Å². The van der Waals surface area contributed by atoms with Crippen LogP contribution >= 0.6 is 0 Å². The van der Waals surface area contributed by atoms with Gasteiger partial charge in [-0.3, -0.25) is 4.55 Å². The topological polar surface area (TPSA) is 81.6 Å². The SMILES string of the molecule is O=S(O)NCCNCCO. The van der Waals surface area contributed by atoms with Crippen molar-refractivity contribution in [2.45, 2.75) is 0 Å². The lowest BCUT2D eigenvalue weighted by molar-refractivity contribution is 0.293. The highest BCUT2D eigenvalue weighted by atomic mass is 32.2. The van der Waals surface area contributed by atoms with Gasteiger partial charge in [-0.1, -0.05) is 0 Å². The number of nitrogens with one attached hydrogen (secondary N) is 2. The predicted molar refractivity (Wildman–Crippen MR) is 38.7 cm³/mol. The molecule has 5 nitrogen and oxygen atoms in total. The molecule has 0 fully saturated rings. The van der Waals surface area contributed by atoms with Crippen molar-refractivity contribution in [1.29, 1.82) is 0 Å². The van der Waals surface area contributed by atoms with Gasteiger partial charge in [-0.05, 0) is 0 Å². The predicted octanol–water partition coefficient (Wildman–Crippen LogP) is -1.71. The first kappa shape index (κ1) is 9.99. The van der Waals surface area contributed by atoms with E-state index in [9.17, 15) is 4.21 Å². The van der Waals surface area contributed by atoms with Crippen molar-refractivity contribution >= 4 is 11.3 Å². The summed E-state index contributed by atoms with van der Waals surface area (Å²) in [5, 5.41) is 11.1. The fourth-order valence-corrected chi connectivity index (χ4v) is 0.707. The van der Waals surface area contributed by atoms with Gasteiger partial charge in [-0.25, -0.2) is 8.93 Å². The Kier molecular flexibility index (Phi) is 7.09. The Hall–Kier alpha value is -0.0100. The third-order valence-electron chi connectivity index (χ3n) is 0.816. The lowest BCUT2D eigenvalue weighted by Crippen LogP contribution is -2.29. The second kappa shape index (κ2) is 7.10. The Bertz CT molecular complexity index is 101. The molecule has 0 heterocycles. The Balaban J connectivity index is 2.84. The van der Waals surface area contributed by atoms with Crippen LogP contribution in [0.1, 0.15) is 0 Å². The van der Waals surface area contributed by atoms with Gasteiger partial charge in [0.2, 0.25) is 11.3 Å². The second-order valence-corrected chi connectivity index (χ2v) is 2.40. The average molecular weight is 168 g/mol. The van der Waals surface area contributed by atoms with E-state index in [2.05, 4.69) is 10.0 Å². The van der Waals surface area contributed by atoms with Gasteiger partial charge in [-0.15, -0.1) is 0 Å². The quantitative estimate of drug-likeness (QED) is 0.281. The molecule has 0 saturated heterocycles. The van der Waals surface area contributed by atoms with E-state index in [-0.39, 0.29) is 6.61 Å². The van der Waals surface area contributed by atoms with Crippen LogP contribution in [0.3, 0.4) is 0 Å². The van der Waals surface area contributed by atoms with Gasteiger partial charge in [-0.2, -0.15) is 0 Å². The standard InChI is InChI=1S/C4H12N2O3S/c7-4-3-5-1-2-6-10(8)9/h5-7H,1-4H2,(H,8,9). The van der Waals surface area contributed by atoms with E-state index in [1.165, 1.54) is 0 Å². The minimum absolute atomic E-state index is 0.0855. The fraction of sp³-hybridized carbons (Fsp3) is 1.00. The molecule has 0 amide bonds. The molecule has 1 unspecified atom stereocenters. The highest BCUT2D eigenvalue weighted by Crippen LogP contribution is 1.62. The van der Waals surface area contributed by atoms with E-state index in [0.29, 0.717) is 19.6 Å². The summed E-state index contributed by atoms with van der Waals surface area (Å²) in [6.07, 6.45) is 0. The zero-order chi connectivity index (χ0) is 7.82. The number of hydrogen-bond donors (Lipinski definition) is 4. The maximum atomic E-state index is 9.95. The minimum Gasteiger partial charge on any atom is -0.395 e. The van der Waals surface area contributed by atoms with E-state index in [0.717, 1.165) is 0 Å². The van der Waals surface area contributed by atoms with Crippen molar-refractivity contribution < 1.29 is 13.9 Å². The molecule has 0 spiro atoms. The molecule has 0 bridgehead atoms. The third kappa shape index (κ3) is 7.99. The van der Waals surface area contributed by atoms with Crippen molar-refractivity contribution in [2.24, 2.45) is 0 Å². The van der Waals surface area contributed by atoms with Crippen LogP contribution in [0.15, 0.2) is 0 Å². The summed E-state index contributed by atoms with van der Waals surface area (Å²) in [7, 11) is 0. The molecule has 0 aliphatic rings. The summed E-state index contributed by atoms with van der Waals surface area (Å²) in [5.74, 6) is 0. The minimum atomic E-state index is -1.92. The molecule has 62 valence electrons. The van der Waals surface area contributed by atoms with Gasteiger partial charge in [0.15, 0.2) is 0 Å². The van der Waals surface area contributed by atoms with E-state index in [1.807, 2.05) is 0 Å². The molecule has 0 rings (SSSR count). The van der Waals surface area contributed by atoms with Crippen LogP contribution in [0.25, 0.3) is 0 Å². The van der Waals surface area contributed by atoms with Crippen LogP contribution < -0.4 is 10.0 Å². The monoisotopic (exact) mass is 168 g/mol. The summed E-state index contributed by atoms with van der Waals surface area (Å²) in [6.45, 7) is 1.60. The summed E-state index contributed by atoms with van der Waals surface area (Å²) >= 11 is -1.92. The van der Waals surface area contributed by atoms with Gasteiger partial charge >= 0.3 is 0 Å². The molecule has 4 N–H and O–H groups in total.